The number of nitrogens with one attached hydrogen (secondary N) is 1. The van der Waals surface area contributed by atoms with Crippen LogP contribution in [0.1, 0.15) is 15.9 Å². The van der Waals surface area contributed by atoms with Gasteiger partial charge >= 0.3 is 0 Å². The van der Waals surface area contributed by atoms with Gasteiger partial charge in [-0.25, -0.2) is 12.8 Å². The number of amides is 1. The molecule has 0 aliphatic heterocycles. The molecule has 29 heavy (non-hydrogen) atoms. The molecule has 3 rings (SSSR count). The highest BCUT2D eigenvalue weighted by molar-refractivity contribution is 7.92. The lowest BCUT2D eigenvalue weighted by molar-refractivity contribution is 0.102. The lowest BCUT2D eigenvalue weighted by Gasteiger charge is -2.22. The molecule has 150 valence electrons. The summed E-state index contributed by atoms with van der Waals surface area (Å²) in [5.41, 5.74) is 1.58. The van der Waals surface area contributed by atoms with Gasteiger partial charge in [0.2, 0.25) is 0 Å². The minimum atomic E-state index is -3.84. The van der Waals surface area contributed by atoms with Crippen molar-refractivity contribution in [3.8, 4) is 0 Å². The zero-order chi connectivity index (χ0) is 21.2. The van der Waals surface area contributed by atoms with Crippen LogP contribution in [-0.4, -0.2) is 21.4 Å². The van der Waals surface area contributed by atoms with Gasteiger partial charge in [-0.2, -0.15) is 0 Å². The number of carbonyl (C=O) groups excluding carboxylic acids is 1. The quantitative estimate of drug-likeness (QED) is 0.625. The molecule has 0 aliphatic carbocycles. The lowest BCUT2D eigenvalue weighted by Crippen LogP contribution is -2.27. The molecule has 0 fully saturated rings. The average molecular weight is 433 g/mol. The van der Waals surface area contributed by atoms with E-state index in [1.165, 1.54) is 55.6 Å². The second-order valence-electron chi connectivity index (χ2n) is 6.39. The number of benzene rings is 3. The highest BCUT2D eigenvalue weighted by atomic mass is 35.5. The molecule has 0 heterocycles. The van der Waals surface area contributed by atoms with Crippen molar-refractivity contribution < 1.29 is 17.6 Å². The van der Waals surface area contributed by atoms with Gasteiger partial charge in [-0.3, -0.25) is 9.10 Å². The minimum absolute atomic E-state index is 0.0819. The summed E-state index contributed by atoms with van der Waals surface area (Å²) in [7, 11) is -2.43. The summed E-state index contributed by atoms with van der Waals surface area (Å²) in [6.45, 7) is 1.75. The zero-order valence-corrected chi connectivity index (χ0v) is 17.3. The molecule has 3 aromatic rings. The normalized spacial score (nSPS) is 11.2. The molecular weight excluding hydrogens is 415 g/mol. The Morgan fingerprint density at radius 1 is 1.03 bits per heavy atom. The van der Waals surface area contributed by atoms with Gasteiger partial charge in [-0.15, -0.1) is 0 Å². The highest BCUT2D eigenvalue weighted by Gasteiger charge is 2.23. The fourth-order valence-electron chi connectivity index (χ4n) is 2.75. The molecule has 0 bridgehead atoms. The maximum atomic E-state index is 13.3. The van der Waals surface area contributed by atoms with Crippen LogP contribution in [0.4, 0.5) is 15.8 Å². The van der Waals surface area contributed by atoms with Gasteiger partial charge in [0.1, 0.15) is 5.82 Å². The van der Waals surface area contributed by atoms with E-state index < -0.39 is 21.7 Å². The van der Waals surface area contributed by atoms with Crippen LogP contribution in [0.25, 0.3) is 0 Å². The molecule has 0 unspecified atom stereocenters. The topological polar surface area (TPSA) is 66.5 Å². The third-order valence-electron chi connectivity index (χ3n) is 4.37. The first-order valence-electron chi connectivity index (χ1n) is 8.60. The van der Waals surface area contributed by atoms with Gasteiger partial charge in [-0.05, 0) is 67.1 Å². The molecule has 0 aliphatic rings. The van der Waals surface area contributed by atoms with Crippen molar-refractivity contribution in [2.75, 3.05) is 16.7 Å². The van der Waals surface area contributed by atoms with Crippen molar-refractivity contribution in [2.45, 2.75) is 11.8 Å². The lowest BCUT2D eigenvalue weighted by atomic mass is 10.1. The fraction of sp³-hybridized carbons (Fsp3) is 0.0952. The van der Waals surface area contributed by atoms with Crippen LogP contribution >= 0.6 is 11.6 Å². The molecule has 1 N–H and O–H groups in total. The van der Waals surface area contributed by atoms with E-state index in [2.05, 4.69) is 5.32 Å². The summed E-state index contributed by atoms with van der Waals surface area (Å²) in [5.74, 6) is -0.949. The van der Waals surface area contributed by atoms with Crippen LogP contribution < -0.4 is 9.62 Å². The molecule has 0 atom stereocenters. The average Bonchev–Trinajstić information content (AvgIpc) is 2.68. The Morgan fingerprint density at radius 2 is 1.72 bits per heavy atom. The molecule has 0 radical (unpaired) electrons. The Hall–Kier alpha value is -2.90. The van der Waals surface area contributed by atoms with Gasteiger partial charge in [0, 0.05) is 23.3 Å². The third kappa shape index (κ3) is 4.58. The first-order chi connectivity index (χ1) is 13.7. The standard InChI is InChI=1S/C21H18ClFN2O3S/c1-14-6-7-15(21(26)24-18-5-3-4-17(23)13-18)12-20(14)25(2)29(27,28)19-10-8-16(22)9-11-19/h3-13H,1-2H3,(H,24,26). The Morgan fingerprint density at radius 3 is 2.38 bits per heavy atom. The van der Waals surface area contributed by atoms with E-state index in [0.717, 1.165) is 4.31 Å². The summed E-state index contributed by atoms with van der Waals surface area (Å²) < 4.78 is 40.3. The fourth-order valence-corrected chi connectivity index (χ4v) is 4.13. The SMILES string of the molecule is Cc1ccc(C(=O)Nc2cccc(F)c2)cc1N(C)S(=O)(=O)c1ccc(Cl)cc1. The Labute approximate surface area is 173 Å². The number of hydrogen-bond acceptors (Lipinski definition) is 3. The van der Waals surface area contributed by atoms with Crippen molar-refractivity contribution in [3.05, 3.63) is 88.7 Å². The van der Waals surface area contributed by atoms with Gasteiger partial charge in [0.25, 0.3) is 15.9 Å². The summed E-state index contributed by atoms with van der Waals surface area (Å²) in [6, 6.07) is 16.1. The maximum Gasteiger partial charge on any atom is 0.264 e. The van der Waals surface area contributed by atoms with Crippen LogP contribution in [0, 0.1) is 12.7 Å². The minimum Gasteiger partial charge on any atom is -0.322 e. The van der Waals surface area contributed by atoms with Crippen LogP contribution in [0.5, 0.6) is 0 Å². The van der Waals surface area contributed by atoms with E-state index in [1.54, 1.807) is 25.1 Å². The molecule has 8 heteroatoms. The van der Waals surface area contributed by atoms with Gasteiger partial charge in [-0.1, -0.05) is 23.7 Å². The van der Waals surface area contributed by atoms with Gasteiger partial charge in [0.15, 0.2) is 0 Å². The van der Waals surface area contributed by atoms with E-state index in [9.17, 15) is 17.6 Å². The Kier molecular flexibility index (Phi) is 5.91. The Balaban J connectivity index is 1.92. The second kappa shape index (κ2) is 8.23. The number of hydrogen-bond donors (Lipinski definition) is 1. The van der Waals surface area contributed by atoms with Gasteiger partial charge < -0.3 is 5.32 Å². The first kappa shape index (κ1) is 20.8. The van der Waals surface area contributed by atoms with Crippen molar-refractivity contribution >= 4 is 38.9 Å². The monoisotopic (exact) mass is 432 g/mol. The number of carbonyl (C=O) groups is 1. The first-order valence-corrected chi connectivity index (χ1v) is 10.4. The molecule has 0 spiro atoms. The largest absolute Gasteiger partial charge is 0.322 e. The van der Waals surface area contributed by atoms with E-state index >= 15 is 0 Å². The summed E-state index contributed by atoms with van der Waals surface area (Å²) in [5, 5.41) is 3.03. The van der Waals surface area contributed by atoms with E-state index in [4.69, 9.17) is 11.6 Å². The molecular formula is C21H18ClFN2O3S. The summed E-state index contributed by atoms with van der Waals surface area (Å²) in [4.78, 5) is 12.6. The highest BCUT2D eigenvalue weighted by Crippen LogP contribution is 2.27. The van der Waals surface area contributed by atoms with Crippen molar-refractivity contribution in [1.82, 2.24) is 0 Å². The predicted octanol–water partition coefficient (Wildman–Crippen LogP) is 4.86. The molecule has 0 saturated heterocycles. The molecule has 0 saturated carbocycles. The number of sulfonamides is 1. The molecule has 0 aromatic heterocycles. The van der Waals surface area contributed by atoms with E-state index in [-0.39, 0.29) is 10.5 Å². The molecule has 5 nitrogen and oxygen atoms in total. The number of aryl methyl sites for hydroxylation is 1. The van der Waals surface area contributed by atoms with Crippen LogP contribution in [-0.2, 0) is 10.0 Å². The van der Waals surface area contributed by atoms with Crippen molar-refractivity contribution in [2.24, 2.45) is 0 Å². The second-order valence-corrected chi connectivity index (χ2v) is 8.80. The van der Waals surface area contributed by atoms with E-state index in [0.29, 0.717) is 22.0 Å². The summed E-state index contributed by atoms with van der Waals surface area (Å²) >= 11 is 5.84. The van der Waals surface area contributed by atoms with Crippen molar-refractivity contribution in [1.29, 1.82) is 0 Å². The number of halogens is 2. The van der Waals surface area contributed by atoms with Crippen LogP contribution in [0.15, 0.2) is 71.6 Å². The third-order valence-corrected chi connectivity index (χ3v) is 6.40. The van der Waals surface area contributed by atoms with Crippen molar-refractivity contribution in [3.63, 3.8) is 0 Å². The maximum absolute atomic E-state index is 13.3. The smallest absolute Gasteiger partial charge is 0.264 e. The number of nitrogens with zero attached hydrogens (tertiary/aromatic N) is 1. The molecule has 1 amide bonds. The predicted molar refractivity (Wildman–Crippen MR) is 113 cm³/mol. The zero-order valence-electron chi connectivity index (χ0n) is 15.7. The molecule has 3 aromatic carbocycles. The van der Waals surface area contributed by atoms with E-state index in [1.807, 2.05) is 0 Å². The van der Waals surface area contributed by atoms with Crippen LogP contribution in [0.2, 0.25) is 5.02 Å². The number of anilines is 2. The summed E-state index contributed by atoms with van der Waals surface area (Å²) in [6.07, 6.45) is 0. The Bertz CT molecular complexity index is 1160. The van der Waals surface area contributed by atoms with Crippen LogP contribution in [0.3, 0.4) is 0 Å². The number of rotatable bonds is 5. The van der Waals surface area contributed by atoms with Gasteiger partial charge in [0.05, 0.1) is 10.6 Å².